The Balaban J connectivity index is 1.30. The molecule has 5 heteroatoms. The number of carbonyl (C=O) groups is 1. The maximum Gasteiger partial charge on any atom is 0.252 e. The molecule has 0 saturated carbocycles. The number of nitrogens with zero attached hydrogens (tertiary/aromatic N) is 2. The summed E-state index contributed by atoms with van der Waals surface area (Å²) in [5, 5.41) is 3.04. The maximum atomic E-state index is 12.2. The number of likely N-dealkylation sites (tertiary alicyclic amines) is 1. The number of amides is 1. The lowest BCUT2D eigenvalue weighted by atomic mass is 9.93. The van der Waals surface area contributed by atoms with Crippen molar-refractivity contribution in [3.63, 3.8) is 0 Å². The van der Waals surface area contributed by atoms with Crippen LogP contribution in [-0.2, 0) is 11.3 Å². The molecule has 25 heavy (non-hydrogen) atoms. The molecule has 0 aliphatic carbocycles. The zero-order valence-electron chi connectivity index (χ0n) is 14.2. The third-order valence-electron chi connectivity index (χ3n) is 5.21. The van der Waals surface area contributed by atoms with Crippen LogP contribution in [0.15, 0.2) is 54.9 Å². The number of carbonyl (C=O) groups excluding carboxylic acids is 1. The van der Waals surface area contributed by atoms with Crippen molar-refractivity contribution in [2.75, 3.05) is 26.2 Å². The second-order valence-corrected chi connectivity index (χ2v) is 6.93. The second kappa shape index (κ2) is 7.33. The van der Waals surface area contributed by atoms with Crippen molar-refractivity contribution < 1.29 is 9.53 Å². The van der Waals surface area contributed by atoms with Crippen molar-refractivity contribution in [2.24, 2.45) is 11.8 Å². The molecule has 2 aliphatic heterocycles. The van der Waals surface area contributed by atoms with Gasteiger partial charge in [0.1, 0.15) is 0 Å². The molecule has 1 amide bonds. The minimum absolute atomic E-state index is 0.0595. The first-order valence-electron chi connectivity index (χ1n) is 8.86. The Kier molecular flexibility index (Phi) is 4.76. The van der Waals surface area contributed by atoms with Crippen LogP contribution >= 0.6 is 0 Å². The molecular formula is C20H23N3O2. The van der Waals surface area contributed by atoms with Gasteiger partial charge in [0.15, 0.2) is 0 Å². The maximum absolute atomic E-state index is 12.2. The molecule has 4 rings (SSSR count). The minimum atomic E-state index is -0.0595. The highest BCUT2D eigenvalue weighted by Gasteiger charge is 2.43. The van der Waals surface area contributed by atoms with Crippen LogP contribution in [0.3, 0.4) is 0 Å². The Morgan fingerprint density at radius 2 is 2.08 bits per heavy atom. The fraction of sp³-hybridized carbons (Fsp3) is 0.400. The first-order valence-corrected chi connectivity index (χ1v) is 8.86. The summed E-state index contributed by atoms with van der Waals surface area (Å²) >= 11 is 0. The van der Waals surface area contributed by atoms with Crippen LogP contribution in [0, 0.1) is 11.8 Å². The van der Waals surface area contributed by atoms with E-state index >= 15 is 0 Å². The Bertz CT molecular complexity index is 707. The Hall–Kier alpha value is -2.24. The molecule has 0 unspecified atom stereocenters. The van der Waals surface area contributed by atoms with Crippen LogP contribution in [0.4, 0.5) is 0 Å². The normalized spacial score (nSPS) is 25.7. The zero-order chi connectivity index (χ0) is 17.1. The van der Waals surface area contributed by atoms with Crippen LogP contribution < -0.4 is 5.32 Å². The summed E-state index contributed by atoms with van der Waals surface area (Å²) in [6.07, 6.45) is 3.57. The van der Waals surface area contributed by atoms with E-state index in [1.54, 1.807) is 24.5 Å². The van der Waals surface area contributed by atoms with E-state index < -0.39 is 0 Å². The van der Waals surface area contributed by atoms with Gasteiger partial charge in [-0.25, -0.2) is 0 Å². The van der Waals surface area contributed by atoms with Crippen molar-refractivity contribution in [2.45, 2.75) is 12.6 Å². The van der Waals surface area contributed by atoms with Crippen molar-refractivity contribution >= 4 is 5.91 Å². The fourth-order valence-corrected chi connectivity index (χ4v) is 3.88. The summed E-state index contributed by atoms with van der Waals surface area (Å²) in [5.41, 5.74) is 1.94. The summed E-state index contributed by atoms with van der Waals surface area (Å²) in [7, 11) is 0. The number of fused-ring (bicyclic) bond motifs is 1. The number of rotatable bonds is 5. The van der Waals surface area contributed by atoms with E-state index in [2.05, 4.69) is 39.5 Å². The molecule has 3 heterocycles. The van der Waals surface area contributed by atoms with Crippen LogP contribution in [0.1, 0.15) is 15.9 Å². The topological polar surface area (TPSA) is 54.5 Å². The summed E-state index contributed by atoms with van der Waals surface area (Å²) in [4.78, 5) is 18.7. The van der Waals surface area contributed by atoms with Gasteiger partial charge in [-0.15, -0.1) is 0 Å². The highest BCUT2D eigenvalue weighted by atomic mass is 16.5. The number of aromatic nitrogens is 1. The second-order valence-electron chi connectivity index (χ2n) is 6.93. The predicted molar refractivity (Wildman–Crippen MR) is 95.0 cm³/mol. The van der Waals surface area contributed by atoms with Crippen molar-refractivity contribution in [1.29, 1.82) is 0 Å². The lowest BCUT2D eigenvalue weighted by Gasteiger charge is -2.20. The lowest BCUT2D eigenvalue weighted by molar-refractivity contribution is 0.0903. The van der Waals surface area contributed by atoms with Crippen molar-refractivity contribution in [3.8, 4) is 0 Å². The van der Waals surface area contributed by atoms with E-state index in [9.17, 15) is 4.79 Å². The Morgan fingerprint density at radius 3 is 2.88 bits per heavy atom. The van der Waals surface area contributed by atoms with Gasteiger partial charge in [0, 0.05) is 50.4 Å². The smallest absolute Gasteiger partial charge is 0.252 e. The molecule has 1 aromatic carbocycles. The molecule has 1 N–H and O–H groups in total. The predicted octanol–water partition coefficient (Wildman–Crippen LogP) is 1.96. The molecule has 130 valence electrons. The number of hydrogen-bond donors (Lipinski definition) is 1. The minimum Gasteiger partial charge on any atom is -0.376 e. The van der Waals surface area contributed by atoms with Gasteiger partial charge in [0.2, 0.25) is 0 Å². The number of hydrogen-bond acceptors (Lipinski definition) is 4. The summed E-state index contributed by atoms with van der Waals surface area (Å²) < 4.78 is 5.99. The Morgan fingerprint density at radius 1 is 1.20 bits per heavy atom. The van der Waals surface area contributed by atoms with Gasteiger partial charge in [-0.2, -0.15) is 0 Å². The summed E-state index contributed by atoms with van der Waals surface area (Å²) in [5.74, 6) is 0.819. The molecule has 2 aromatic rings. The van der Waals surface area contributed by atoms with Gasteiger partial charge >= 0.3 is 0 Å². The van der Waals surface area contributed by atoms with Crippen molar-refractivity contribution in [1.82, 2.24) is 15.2 Å². The van der Waals surface area contributed by atoms with Gasteiger partial charge < -0.3 is 10.1 Å². The SMILES string of the molecule is O=C(NC[C@H]1CO[C@@H]2CN(Cc3ccccc3)C[C@H]12)c1cccnc1. The summed E-state index contributed by atoms with van der Waals surface area (Å²) in [6, 6.07) is 14.1. The number of ether oxygens (including phenoxy) is 1. The van der Waals surface area contributed by atoms with E-state index in [0.717, 1.165) is 26.2 Å². The quantitative estimate of drug-likeness (QED) is 0.906. The van der Waals surface area contributed by atoms with Crippen LogP contribution in [0.5, 0.6) is 0 Å². The van der Waals surface area contributed by atoms with Gasteiger partial charge in [0.25, 0.3) is 5.91 Å². The van der Waals surface area contributed by atoms with Gasteiger partial charge in [-0.3, -0.25) is 14.7 Å². The highest BCUT2D eigenvalue weighted by Crippen LogP contribution is 2.34. The molecular weight excluding hydrogens is 314 g/mol. The van der Waals surface area contributed by atoms with E-state index in [1.807, 2.05) is 6.07 Å². The number of pyridine rings is 1. The van der Waals surface area contributed by atoms with E-state index in [1.165, 1.54) is 5.56 Å². The van der Waals surface area contributed by atoms with E-state index in [4.69, 9.17) is 4.74 Å². The molecule has 1 aromatic heterocycles. The molecule has 0 radical (unpaired) electrons. The first kappa shape index (κ1) is 16.2. The molecule has 2 fully saturated rings. The molecule has 3 atom stereocenters. The molecule has 2 saturated heterocycles. The third-order valence-corrected chi connectivity index (χ3v) is 5.21. The third kappa shape index (κ3) is 3.72. The number of nitrogens with one attached hydrogen (secondary N) is 1. The van der Waals surface area contributed by atoms with Crippen LogP contribution in [-0.4, -0.2) is 48.1 Å². The largest absolute Gasteiger partial charge is 0.376 e. The lowest BCUT2D eigenvalue weighted by Crippen LogP contribution is -2.34. The number of benzene rings is 1. The standard InChI is InChI=1S/C20H23N3O2/c24-20(16-7-4-8-21-9-16)22-10-17-14-25-19-13-23(12-18(17)19)11-15-5-2-1-3-6-15/h1-9,17-19H,10-14H2,(H,22,24)/t17-,18+,19+/m0/s1. The average Bonchev–Trinajstić information content (AvgIpc) is 3.22. The molecule has 0 spiro atoms. The monoisotopic (exact) mass is 337 g/mol. The van der Waals surface area contributed by atoms with Crippen LogP contribution in [0.25, 0.3) is 0 Å². The fourth-order valence-electron chi connectivity index (χ4n) is 3.88. The first-order chi connectivity index (χ1) is 12.3. The Labute approximate surface area is 148 Å². The van der Waals surface area contributed by atoms with Gasteiger partial charge in [-0.1, -0.05) is 30.3 Å². The van der Waals surface area contributed by atoms with Crippen molar-refractivity contribution in [3.05, 3.63) is 66.0 Å². The average molecular weight is 337 g/mol. The highest BCUT2D eigenvalue weighted by molar-refractivity contribution is 5.93. The van der Waals surface area contributed by atoms with Gasteiger partial charge in [-0.05, 0) is 17.7 Å². The van der Waals surface area contributed by atoms with Gasteiger partial charge in [0.05, 0.1) is 18.3 Å². The molecule has 5 nitrogen and oxygen atoms in total. The van der Waals surface area contributed by atoms with E-state index in [0.29, 0.717) is 30.0 Å². The summed E-state index contributed by atoms with van der Waals surface area (Å²) in [6.45, 7) is 4.38. The molecule has 2 aliphatic rings. The van der Waals surface area contributed by atoms with E-state index in [-0.39, 0.29) is 5.91 Å². The zero-order valence-corrected chi connectivity index (χ0v) is 14.2. The van der Waals surface area contributed by atoms with Crippen LogP contribution in [0.2, 0.25) is 0 Å². The molecule has 0 bridgehead atoms.